The van der Waals surface area contributed by atoms with Gasteiger partial charge in [0.05, 0.1) is 0 Å². The lowest BCUT2D eigenvalue weighted by atomic mass is 9.49. The minimum Gasteiger partial charge on any atom is -0.456 e. The van der Waals surface area contributed by atoms with Gasteiger partial charge in [0.1, 0.15) is 11.2 Å². The molecule has 0 radical (unpaired) electrons. The second-order valence-electron chi connectivity index (χ2n) is 17.2. The Morgan fingerprint density at radius 2 is 1.00 bits per heavy atom. The molecule has 1 heterocycles. The van der Waals surface area contributed by atoms with Gasteiger partial charge in [0, 0.05) is 16.7 Å². The number of benzene rings is 8. The molecule has 0 N–H and O–H groups in total. The molecule has 4 fully saturated rings. The monoisotopic (exact) mass is 692 g/mol. The van der Waals surface area contributed by atoms with Gasteiger partial charge >= 0.3 is 0 Å². The summed E-state index contributed by atoms with van der Waals surface area (Å²) >= 11 is 0. The summed E-state index contributed by atoms with van der Waals surface area (Å²) in [7, 11) is 0. The number of para-hydroxylation sites is 1. The van der Waals surface area contributed by atoms with Gasteiger partial charge in [0.25, 0.3) is 0 Å². The molecule has 5 aliphatic rings. The van der Waals surface area contributed by atoms with Crippen molar-refractivity contribution in [3.8, 4) is 33.4 Å². The van der Waals surface area contributed by atoms with Crippen LogP contribution in [0.2, 0.25) is 0 Å². The van der Waals surface area contributed by atoms with Crippen LogP contribution in [0.4, 0.5) is 0 Å². The average molecular weight is 693 g/mol. The molecule has 1 heteroatoms. The van der Waals surface area contributed by atoms with Crippen molar-refractivity contribution in [1.82, 2.24) is 0 Å². The van der Waals surface area contributed by atoms with Gasteiger partial charge < -0.3 is 4.42 Å². The van der Waals surface area contributed by atoms with Gasteiger partial charge in [0.15, 0.2) is 0 Å². The Hall–Kier alpha value is -5.66. The predicted octanol–water partition coefficient (Wildman–Crippen LogP) is 14.6. The van der Waals surface area contributed by atoms with Gasteiger partial charge in [-0.05, 0) is 157 Å². The summed E-state index contributed by atoms with van der Waals surface area (Å²) in [5.74, 6) is 4.94. The van der Waals surface area contributed by atoms with E-state index in [1.807, 2.05) is 0 Å². The van der Waals surface area contributed by atoms with Crippen molar-refractivity contribution in [3.63, 3.8) is 0 Å². The topological polar surface area (TPSA) is 13.1 Å². The van der Waals surface area contributed by atoms with E-state index < -0.39 is 0 Å². The SMILES string of the molecule is c1ccc2c3c(ccc2c1)C(C1C2CC4CC(C2)CC1C4)c1ccc(-c2c4ccccc4c(-c4cccc5oc6ccccc6c45)c4ccccc24)cc1-3. The first-order valence-corrected chi connectivity index (χ1v) is 20.3. The number of hydrogen-bond donors (Lipinski definition) is 0. The Labute approximate surface area is 315 Å². The highest BCUT2D eigenvalue weighted by Gasteiger charge is 2.52. The van der Waals surface area contributed by atoms with Crippen molar-refractivity contribution in [3.05, 3.63) is 157 Å². The highest BCUT2D eigenvalue weighted by molar-refractivity contribution is 6.25. The summed E-state index contributed by atoms with van der Waals surface area (Å²) in [5.41, 5.74) is 13.1. The third kappa shape index (κ3) is 4.00. The zero-order chi connectivity index (χ0) is 35.1. The minimum absolute atomic E-state index is 0.491. The van der Waals surface area contributed by atoms with E-state index >= 15 is 0 Å². The third-order valence-electron chi connectivity index (χ3n) is 14.5. The van der Waals surface area contributed by atoms with Crippen LogP contribution in [0.5, 0.6) is 0 Å². The molecule has 1 aromatic heterocycles. The molecule has 54 heavy (non-hydrogen) atoms. The molecule has 0 saturated heterocycles. The largest absolute Gasteiger partial charge is 0.456 e. The van der Waals surface area contributed by atoms with Crippen molar-refractivity contribution in [1.29, 1.82) is 0 Å². The zero-order valence-electron chi connectivity index (χ0n) is 30.3. The highest BCUT2D eigenvalue weighted by Crippen LogP contribution is 2.64. The molecule has 14 rings (SSSR count). The Bertz CT molecular complexity index is 2950. The van der Waals surface area contributed by atoms with Crippen LogP contribution in [0, 0.1) is 29.6 Å². The first-order valence-electron chi connectivity index (χ1n) is 20.3. The fraction of sp³-hybridized carbons (Fsp3) is 0.208. The molecular formula is C53H40O. The van der Waals surface area contributed by atoms with Crippen molar-refractivity contribution in [2.24, 2.45) is 29.6 Å². The van der Waals surface area contributed by atoms with E-state index in [1.54, 1.807) is 11.1 Å². The van der Waals surface area contributed by atoms with E-state index in [-0.39, 0.29) is 0 Å². The summed E-state index contributed by atoms with van der Waals surface area (Å²) < 4.78 is 6.42. The molecule has 1 unspecified atom stereocenters. The smallest absolute Gasteiger partial charge is 0.136 e. The maximum Gasteiger partial charge on any atom is 0.136 e. The molecule has 1 nitrogen and oxygen atoms in total. The van der Waals surface area contributed by atoms with Crippen LogP contribution >= 0.6 is 0 Å². The molecule has 0 spiro atoms. The maximum absolute atomic E-state index is 6.42. The maximum atomic E-state index is 6.42. The van der Waals surface area contributed by atoms with Gasteiger partial charge in [-0.15, -0.1) is 0 Å². The fourth-order valence-corrected chi connectivity index (χ4v) is 12.9. The van der Waals surface area contributed by atoms with Gasteiger partial charge in [-0.25, -0.2) is 0 Å². The van der Waals surface area contributed by atoms with E-state index in [4.69, 9.17) is 4.42 Å². The van der Waals surface area contributed by atoms with Crippen LogP contribution in [-0.4, -0.2) is 0 Å². The molecule has 4 bridgehead atoms. The van der Waals surface area contributed by atoms with Gasteiger partial charge in [0.2, 0.25) is 0 Å². The molecule has 9 aromatic rings. The fourth-order valence-electron chi connectivity index (χ4n) is 12.9. The molecule has 4 saturated carbocycles. The standard InChI is InChI=1S/C53H40O/c1-2-11-36-32(10-1)20-23-44-50(36)45-29-33(21-22-41(45)53(44)48-34-25-30-24-31(27-34)28-35(48)26-30)49-37-12-3-5-14-39(37)51(40-15-6-4-13-38(40)49)43-17-9-19-47-52(43)42-16-7-8-18-46(42)54-47/h1-23,29-31,34-35,48,53H,24-28H2. The van der Waals surface area contributed by atoms with Crippen LogP contribution < -0.4 is 0 Å². The molecule has 1 atom stereocenters. The second-order valence-corrected chi connectivity index (χ2v) is 17.2. The summed E-state index contributed by atoms with van der Waals surface area (Å²) in [6, 6.07) is 54.9. The van der Waals surface area contributed by atoms with E-state index in [9.17, 15) is 0 Å². The summed E-state index contributed by atoms with van der Waals surface area (Å²) in [6.45, 7) is 0. The number of hydrogen-bond acceptors (Lipinski definition) is 1. The summed E-state index contributed by atoms with van der Waals surface area (Å²) in [5, 5.41) is 10.3. The number of furan rings is 1. The van der Waals surface area contributed by atoms with Gasteiger partial charge in [-0.1, -0.05) is 127 Å². The lowest BCUT2D eigenvalue weighted by Gasteiger charge is -2.56. The Morgan fingerprint density at radius 3 is 1.72 bits per heavy atom. The third-order valence-corrected chi connectivity index (χ3v) is 14.5. The zero-order valence-corrected chi connectivity index (χ0v) is 30.3. The number of rotatable bonds is 3. The van der Waals surface area contributed by atoms with E-state index in [0.717, 1.165) is 40.8 Å². The van der Waals surface area contributed by atoms with Crippen molar-refractivity contribution < 1.29 is 4.42 Å². The Morgan fingerprint density at radius 1 is 0.407 bits per heavy atom. The quantitative estimate of drug-likeness (QED) is 0.168. The van der Waals surface area contributed by atoms with Crippen LogP contribution in [0.3, 0.4) is 0 Å². The van der Waals surface area contributed by atoms with Crippen molar-refractivity contribution in [2.75, 3.05) is 0 Å². The molecule has 258 valence electrons. The first-order chi connectivity index (χ1) is 26.8. The normalized spacial score (nSPS) is 23.9. The van der Waals surface area contributed by atoms with Gasteiger partial charge in [-0.2, -0.15) is 0 Å². The molecule has 0 aliphatic heterocycles. The first kappa shape index (κ1) is 29.8. The van der Waals surface area contributed by atoms with E-state index in [2.05, 4.69) is 146 Å². The second kappa shape index (κ2) is 11.0. The minimum atomic E-state index is 0.491. The Kier molecular flexibility index (Phi) is 6.04. The molecule has 8 aromatic carbocycles. The molecular weight excluding hydrogens is 653 g/mol. The molecule has 0 amide bonds. The van der Waals surface area contributed by atoms with Gasteiger partial charge in [-0.3, -0.25) is 0 Å². The Balaban J connectivity index is 1.07. The van der Waals surface area contributed by atoms with E-state index in [1.165, 1.54) is 109 Å². The van der Waals surface area contributed by atoms with E-state index in [0.29, 0.717) is 5.92 Å². The molecule has 5 aliphatic carbocycles. The summed E-state index contributed by atoms with van der Waals surface area (Å²) in [4.78, 5) is 0. The predicted molar refractivity (Wildman–Crippen MR) is 225 cm³/mol. The van der Waals surface area contributed by atoms with Crippen LogP contribution in [0.15, 0.2) is 150 Å². The van der Waals surface area contributed by atoms with Crippen molar-refractivity contribution >= 4 is 54.3 Å². The van der Waals surface area contributed by atoms with Crippen LogP contribution in [0.1, 0.15) is 49.1 Å². The van der Waals surface area contributed by atoms with Crippen molar-refractivity contribution in [2.45, 2.75) is 38.0 Å². The highest BCUT2D eigenvalue weighted by atomic mass is 16.3. The summed E-state index contributed by atoms with van der Waals surface area (Å²) in [6.07, 6.45) is 7.32. The lowest BCUT2D eigenvalue weighted by molar-refractivity contribution is -0.0424. The van der Waals surface area contributed by atoms with Crippen LogP contribution in [0.25, 0.3) is 87.6 Å². The number of fused-ring (bicyclic) bond motifs is 10. The lowest BCUT2D eigenvalue weighted by Crippen LogP contribution is -2.47. The van der Waals surface area contributed by atoms with Crippen LogP contribution in [-0.2, 0) is 0 Å². The average Bonchev–Trinajstić information content (AvgIpc) is 3.75.